The quantitative estimate of drug-likeness (QED) is 0.197. The maximum absolute atomic E-state index is 6.21. The second-order valence-electron chi connectivity index (χ2n) is 11.6. The van der Waals surface area contributed by atoms with Gasteiger partial charge >= 0.3 is 0 Å². The Morgan fingerprint density at radius 2 is 0.915 bits per heavy atom. The van der Waals surface area contributed by atoms with Gasteiger partial charge in [0.2, 0.25) is 0 Å². The van der Waals surface area contributed by atoms with Crippen molar-refractivity contribution in [3.05, 3.63) is 164 Å². The first-order chi connectivity index (χ1) is 23.3. The van der Waals surface area contributed by atoms with Gasteiger partial charge in [-0.25, -0.2) is 15.0 Å². The van der Waals surface area contributed by atoms with Crippen LogP contribution < -0.4 is 0 Å². The maximum atomic E-state index is 6.21. The van der Waals surface area contributed by atoms with Crippen molar-refractivity contribution >= 4 is 32.7 Å². The van der Waals surface area contributed by atoms with Gasteiger partial charge in [-0.3, -0.25) is 0 Å². The Bertz CT molecular complexity index is 2550. The largest absolute Gasteiger partial charge is 0.456 e. The van der Waals surface area contributed by atoms with Crippen LogP contribution in [-0.2, 0) is 0 Å². The van der Waals surface area contributed by atoms with Crippen molar-refractivity contribution in [3.8, 4) is 56.4 Å². The molecular weight excluding hydrogens is 574 g/mol. The van der Waals surface area contributed by atoms with Crippen LogP contribution in [0.3, 0.4) is 0 Å². The van der Waals surface area contributed by atoms with E-state index in [1.54, 1.807) is 0 Å². The molecule has 0 spiro atoms. The molecule has 0 unspecified atom stereocenters. The highest BCUT2D eigenvalue weighted by atomic mass is 16.3. The summed E-state index contributed by atoms with van der Waals surface area (Å²) in [6, 6.07) is 56.4. The number of furan rings is 1. The molecule has 47 heavy (non-hydrogen) atoms. The molecule has 7 aromatic carbocycles. The lowest BCUT2D eigenvalue weighted by atomic mass is 9.95. The smallest absolute Gasteiger partial charge is 0.164 e. The maximum Gasteiger partial charge on any atom is 0.164 e. The summed E-state index contributed by atoms with van der Waals surface area (Å²) in [7, 11) is 0. The molecule has 2 aromatic heterocycles. The molecule has 2 heterocycles. The van der Waals surface area contributed by atoms with E-state index >= 15 is 0 Å². The lowest BCUT2D eigenvalue weighted by Crippen LogP contribution is -2.00. The zero-order chi connectivity index (χ0) is 31.2. The third-order valence-electron chi connectivity index (χ3n) is 8.75. The van der Waals surface area contributed by atoms with Gasteiger partial charge in [0.05, 0.1) is 0 Å². The van der Waals surface area contributed by atoms with Crippen LogP contribution in [0.25, 0.3) is 89.1 Å². The average Bonchev–Trinajstić information content (AvgIpc) is 3.54. The Balaban J connectivity index is 1.21. The number of aromatic nitrogens is 3. The van der Waals surface area contributed by atoms with Crippen molar-refractivity contribution < 1.29 is 4.42 Å². The Morgan fingerprint density at radius 3 is 1.72 bits per heavy atom. The fraction of sp³-hybridized carbons (Fsp3) is 0. The summed E-state index contributed by atoms with van der Waals surface area (Å²) in [5.41, 5.74) is 9.14. The van der Waals surface area contributed by atoms with Crippen LogP contribution >= 0.6 is 0 Å². The summed E-state index contributed by atoms with van der Waals surface area (Å²) in [5.74, 6) is 1.85. The SMILES string of the molecule is c1ccc(-c2ccc(-c3cccc4ccc(-c5nc(-c6ccccc6)nc(-c6cccc7oc8ccccc8c67)n5)cc34)cc2)cc1. The molecule has 0 N–H and O–H groups in total. The van der Waals surface area contributed by atoms with Crippen LogP contribution in [0.1, 0.15) is 0 Å². The zero-order valence-electron chi connectivity index (χ0n) is 25.3. The molecule has 9 aromatic rings. The third kappa shape index (κ3) is 4.84. The van der Waals surface area contributed by atoms with Crippen molar-refractivity contribution in [1.29, 1.82) is 0 Å². The first-order valence-electron chi connectivity index (χ1n) is 15.7. The van der Waals surface area contributed by atoms with Gasteiger partial charge in [0.25, 0.3) is 0 Å². The third-order valence-corrected chi connectivity index (χ3v) is 8.75. The topological polar surface area (TPSA) is 51.8 Å². The van der Waals surface area contributed by atoms with E-state index < -0.39 is 0 Å². The van der Waals surface area contributed by atoms with E-state index in [0.717, 1.165) is 60.5 Å². The Morgan fingerprint density at radius 1 is 0.340 bits per heavy atom. The number of nitrogens with zero attached hydrogens (tertiary/aromatic N) is 3. The number of benzene rings is 7. The fourth-order valence-electron chi connectivity index (χ4n) is 6.44. The molecule has 0 aliphatic carbocycles. The van der Waals surface area contributed by atoms with Gasteiger partial charge in [0.1, 0.15) is 11.2 Å². The molecule has 9 rings (SSSR count). The molecule has 0 saturated heterocycles. The molecule has 0 saturated carbocycles. The van der Waals surface area contributed by atoms with Gasteiger partial charge in [-0.1, -0.05) is 146 Å². The fourth-order valence-corrected chi connectivity index (χ4v) is 6.44. The highest BCUT2D eigenvalue weighted by Gasteiger charge is 2.18. The molecule has 4 heteroatoms. The van der Waals surface area contributed by atoms with E-state index in [0.29, 0.717) is 17.5 Å². The normalized spacial score (nSPS) is 11.4. The summed E-state index contributed by atoms with van der Waals surface area (Å²) in [6.45, 7) is 0. The van der Waals surface area contributed by atoms with Crippen molar-refractivity contribution in [2.24, 2.45) is 0 Å². The van der Waals surface area contributed by atoms with Crippen molar-refractivity contribution in [3.63, 3.8) is 0 Å². The molecule has 4 nitrogen and oxygen atoms in total. The van der Waals surface area contributed by atoms with E-state index in [4.69, 9.17) is 19.4 Å². The summed E-state index contributed by atoms with van der Waals surface area (Å²) in [4.78, 5) is 15.2. The average molecular weight is 602 g/mol. The molecular formula is C43H27N3O. The molecule has 0 atom stereocenters. The van der Waals surface area contributed by atoms with Crippen molar-refractivity contribution in [1.82, 2.24) is 15.0 Å². The predicted molar refractivity (Wildman–Crippen MR) is 192 cm³/mol. The monoisotopic (exact) mass is 601 g/mol. The molecule has 0 bridgehead atoms. The van der Waals surface area contributed by atoms with Crippen molar-refractivity contribution in [2.75, 3.05) is 0 Å². The van der Waals surface area contributed by atoms with Gasteiger partial charge in [0, 0.05) is 27.5 Å². The minimum atomic E-state index is 0.607. The van der Waals surface area contributed by atoms with Gasteiger partial charge in [0.15, 0.2) is 17.5 Å². The molecule has 0 aliphatic heterocycles. The minimum Gasteiger partial charge on any atom is -0.456 e. The van der Waals surface area contributed by atoms with Crippen molar-refractivity contribution in [2.45, 2.75) is 0 Å². The second-order valence-corrected chi connectivity index (χ2v) is 11.6. The van der Waals surface area contributed by atoms with E-state index in [9.17, 15) is 0 Å². The summed E-state index contributed by atoms with van der Waals surface area (Å²) >= 11 is 0. The standard InChI is InChI=1S/C43H27N3O/c1-3-11-28(12-4-1)29-21-23-31(24-22-29)34-17-9-15-30-25-26-33(27-37(30)34)42-44-41(32-13-5-2-6-14-32)45-43(46-42)36-18-10-20-39-40(36)35-16-7-8-19-38(35)47-39/h1-27H. The predicted octanol–water partition coefficient (Wildman–Crippen LogP) is 11.3. The number of hydrogen-bond donors (Lipinski definition) is 0. The van der Waals surface area contributed by atoms with E-state index in [-0.39, 0.29) is 0 Å². The summed E-state index contributed by atoms with van der Waals surface area (Å²) in [6.07, 6.45) is 0. The number of hydrogen-bond acceptors (Lipinski definition) is 4. The van der Waals surface area contributed by atoms with Gasteiger partial charge in [-0.05, 0) is 51.2 Å². The van der Waals surface area contributed by atoms with Crippen LogP contribution in [-0.4, -0.2) is 15.0 Å². The molecule has 0 radical (unpaired) electrons. The molecule has 0 aliphatic rings. The van der Waals surface area contributed by atoms with Crippen LogP contribution in [0.4, 0.5) is 0 Å². The highest BCUT2D eigenvalue weighted by Crippen LogP contribution is 2.37. The molecule has 0 fully saturated rings. The minimum absolute atomic E-state index is 0.607. The first kappa shape index (κ1) is 27.0. The summed E-state index contributed by atoms with van der Waals surface area (Å²) < 4.78 is 6.21. The first-order valence-corrected chi connectivity index (χ1v) is 15.7. The highest BCUT2D eigenvalue weighted by molar-refractivity contribution is 6.11. The van der Waals surface area contributed by atoms with Crippen LogP contribution in [0.2, 0.25) is 0 Å². The van der Waals surface area contributed by atoms with E-state index in [1.807, 2.05) is 66.7 Å². The lowest BCUT2D eigenvalue weighted by Gasteiger charge is -2.12. The van der Waals surface area contributed by atoms with Crippen LogP contribution in [0.5, 0.6) is 0 Å². The molecule has 220 valence electrons. The van der Waals surface area contributed by atoms with Gasteiger partial charge in [-0.2, -0.15) is 0 Å². The second kappa shape index (κ2) is 11.2. The summed E-state index contributed by atoms with van der Waals surface area (Å²) in [5, 5.41) is 4.34. The Hall–Kier alpha value is -6.39. The molecule has 0 amide bonds. The number of rotatable bonds is 5. The Kier molecular flexibility index (Phi) is 6.43. The number of para-hydroxylation sites is 1. The van der Waals surface area contributed by atoms with Crippen LogP contribution in [0.15, 0.2) is 168 Å². The van der Waals surface area contributed by atoms with E-state index in [1.165, 1.54) is 11.1 Å². The zero-order valence-corrected chi connectivity index (χ0v) is 25.3. The van der Waals surface area contributed by atoms with Gasteiger partial charge in [-0.15, -0.1) is 0 Å². The number of fused-ring (bicyclic) bond motifs is 4. The Labute approximate surface area is 271 Å². The van der Waals surface area contributed by atoms with Gasteiger partial charge < -0.3 is 4.42 Å². The lowest BCUT2D eigenvalue weighted by molar-refractivity contribution is 0.669. The van der Waals surface area contributed by atoms with E-state index in [2.05, 4.69) is 97.1 Å². The van der Waals surface area contributed by atoms with Crippen LogP contribution in [0, 0.1) is 0 Å².